The summed E-state index contributed by atoms with van der Waals surface area (Å²) in [5.74, 6) is 1.79. The van der Waals surface area contributed by atoms with Crippen LogP contribution in [0.3, 0.4) is 0 Å². The van der Waals surface area contributed by atoms with Crippen LogP contribution in [0.4, 0.5) is 8.78 Å². The summed E-state index contributed by atoms with van der Waals surface area (Å²) >= 11 is 4.29. The van der Waals surface area contributed by atoms with Crippen molar-refractivity contribution in [1.29, 1.82) is 0 Å². The second-order valence-electron chi connectivity index (χ2n) is 10.2. The predicted octanol–water partition coefficient (Wildman–Crippen LogP) is 10.5. The van der Waals surface area contributed by atoms with E-state index in [-0.39, 0.29) is 42.7 Å². The predicted molar refractivity (Wildman–Crippen MR) is 173 cm³/mol. The van der Waals surface area contributed by atoms with Crippen molar-refractivity contribution in [3.63, 3.8) is 0 Å². The number of halogens is 4. The first-order valence-electron chi connectivity index (χ1n) is 13.1. The van der Waals surface area contributed by atoms with E-state index < -0.39 is 0 Å². The van der Waals surface area contributed by atoms with Gasteiger partial charge in [-0.25, -0.2) is 8.78 Å². The smallest absolute Gasteiger partial charge is 0.492 e. The molecule has 6 heteroatoms. The van der Waals surface area contributed by atoms with E-state index in [1.165, 1.54) is 46.4 Å². The molecule has 5 rings (SSSR count). The maximum absolute atomic E-state index is 13.7. The van der Waals surface area contributed by atoms with Crippen LogP contribution in [-0.4, -0.2) is 6.61 Å². The number of rotatable bonds is 5. The first-order valence-corrected chi connectivity index (χ1v) is 15.3. The number of ether oxygens (including phenoxy) is 1. The van der Waals surface area contributed by atoms with Crippen molar-refractivity contribution >= 4 is 45.2 Å². The van der Waals surface area contributed by atoms with E-state index >= 15 is 0 Å². The van der Waals surface area contributed by atoms with Gasteiger partial charge in [-0.3, -0.25) is 0 Å². The fraction of sp³-hybridized carbons (Fsp3) is 0.265. The van der Waals surface area contributed by atoms with E-state index in [1.807, 2.05) is 35.6 Å². The molecular weight excluding hydrogens is 954 g/mol. The van der Waals surface area contributed by atoms with Crippen molar-refractivity contribution < 1.29 is 44.6 Å². The third-order valence-electron chi connectivity index (χ3n) is 7.14. The minimum absolute atomic E-state index is 0. The largest absolute Gasteiger partial charge is 2.00 e. The minimum atomic E-state index is -0.296. The molecule has 0 aromatic heterocycles. The average molecular weight is 986 g/mol. The molecule has 1 aliphatic rings. The van der Waals surface area contributed by atoms with Gasteiger partial charge in [0.2, 0.25) is 0 Å². The summed E-state index contributed by atoms with van der Waals surface area (Å²) in [6.07, 6.45) is 4.81. The third-order valence-corrected chi connectivity index (χ3v) is 8.87. The monoisotopic (exact) mass is 986 g/mol. The van der Waals surface area contributed by atoms with E-state index in [0.29, 0.717) is 21.0 Å². The molecule has 1 saturated carbocycles. The second kappa shape index (κ2) is 16.0. The Kier molecular flexibility index (Phi) is 13.3. The van der Waals surface area contributed by atoms with Gasteiger partial charge in [0.05, 0.1) is 16.0 Å². The number of hydrogen-bond acceptors (Lipinski definition) is 1. The van der Waals surface area contributed by atoms with Gasteiger partial charge in [0.1, 0.15) is 5.75 Å². The first kappa shape index (κ1) is 33.4. The van der Waals surface area contributed by atoms with E-state index in [4.69, 9.17) is 4.74 Å². The molecule has 0 spiro atoms. The Morgan fingerprint density at radius 3 is 2.15 bits per heavy atom. The summed E-state index contributed by atoms with van der Waals surface area (Å²) in [7, 11) is 0. The summed E-state index contributed by atoms with van der Waals surface area (Å²) in [6, 6.07) is 26.1. The molecule has 0 N–H and O–H groups in total. The summed E-state index contributed by atoms with van der Waals surface area (Å²) < 4.78 is 34.2. The molecule has 40 heavy (non-hydrogen) atoms. The zero-order valence-electron chi connectivity index (χ0n) is 22.7. The molecule has 0 radical (unpaired) electrons. The molecule has 0 bridgehead atoms. The van der Waals surface area contributed by atoms with Crippen LogP contribution in [0.25, 0.3) is 11.1 Å². The van der Waals surface area contributed by atoms with Gasteiger partial charge in [-0.05, 0) is 112 Å². The molecule has 206 valence electrons. The van der Waals surface area contributed by atoms with Crippen LogP contribution < -0.4 is 4.74 Å². The quantitative estimate of drug-likeness (QED) is 0.143. The van der Waals surface area contributed by atoms with Crippen LogP contribution in [0.15, 0.2) is 72.8 Å². The first-order chi connectivity index (χ1) is 18.7. The minimum Gasteiger partial charge on any atom is -0.492 e. The number of para-hydroxylation sites is 1. The molecule has 0 heterocycles. The Hall–Kier alpha value is -1.08. The van der Waals surface area contributed by atoms with Crippen LogP contribution in [0.1, 0.15) is 53.9 Å². The van der Waals surface area contributed by atoms with Crippen molar-refractivity contribution in [1.82, 2.24) is 0 Å². The van der Waals surface area contributed by atoms with Crippen LogP contribution >= 0.6 is 45.2 Å². The van der Waals surface area contributed by atoms with Crippen molar-refractivity contribution in [2.45, 2.75) is 45.4 Å². The van der Waals surface area contributed by atoms with E-state index in [0.717, 1.165) is 29.0 Å². The molecule has 1 nitrogen and oxygen atoms in total. The van der Waals surface area contributed by atoms with Crippen molar-refractivity contribution in [2.75, 3.05) is 6.61 Å². The number of aryl methyl sites for hydroxylation is 2. The van der Waals surface area contributed by atoms with Gasteiger partial charge in [-0.15, -0.1) is 29.8 Å². The van der Waals surface area contributed by atoms with Crippen molar-refractivity contribution in [2.24, 2.45) is 5.92 Å². The van der Waals surface area contributed by atoms with Gasteiger partial charge in [-0.2, -0.15) is 30.2 Å². The van der Waals surface area contributed by atoms with Gasteiger partial charge in [-0.1, -0.05) is 43.3 Å². The normalized spacial score (nSPS) is 16.4. The fourth-order valence-electron chi connectivity index (χ4n) is 4.99. The molecule has 0 aliphatic heterocycles. The third kappa shape index (κ3) is 9.47. The van der Waals surface area contributed by atoms with E-state index in [1.54, 1.807) is 18.2 Å². The summed E-state index contributed by atoms with van der Waals surface area (Å²) in [6.45, 7) is 8.38. The van der Waals surface area contributed by atoms with Crippen LogP contribution in [0, 0.1) is 82.6 Å². The summed E-state index contributed by atoms with van der Waals surface area (Å²) in [4.78, 5) is 0. The summed E-state index contributed by atoms with van der Waals surface area (Å²) in [5.41, 5.74) is 6.13. The molecular formula is C34H32F2I2OU. The Bertz CT molecular complexity index is 1360. The molecule has 1 aliphatic carbocycles. The van der Waals surface area contributed by atoms with Gasteiger partial charge >= 0.3 is 31.1 Å². The average Bonchev–Trinajstić information content (AvgIpc) is 2.91. The molecule has 1 fully saturated rings. The Morgan fingerprint density at radius 1 is 0.850 bits per heavy atom. The molecule has 0 amide bonds. The van der Waals surface area contributed by atoms with Gasteiger partial charge < -0.3 is 4.74 Å². The van der Waals surface area contributed by atoms with Gasteiger partial charge in [0, 0.05) is 9.39 Å². The zero-order valence-corrected chi connectivity index (χ0v) is 31.2. The van der Waals surface area contributed by atoms with Gasteiger partial charge in [0.25, 0.3) is 0 Å². The maximum atomic E-state index is 13.7. The van der Waals surface area contributed by atoms with E-state index in [9.17, 15) is 8.78 Å². The number of benzene rings is 4. The molecule has 0 saturated heterocycles. The second-order valence-corrected chi connectivity index (χ2v) is 12.5. The zero-order chi connectivity index (χ0) is 27.9. The van der Waals surface area contributed by atoms with Crippen LogP contribution in [0.2, 0.25) is 0 Å². The molecule has 0 atom stereocenters. The standard InChI is InChI=1S/C27H27FIO.C7H5FI.U/c1-18-14-24(16-25(28)15-18)23-12-10-22(11-13-23)21-8-6-20(7-9-21)17-30-27-19(2)4-3-5-26(27)29;1-5-2-3-7(9)6(8)4-5;/h3-5,10-14,16,20-21H,6-9,17H2,1-2H3;2-4H,1H2;/q2*-1;+2. The topological polar surface area (TPSA) is 9.23 Å². The molecule has 4 aromatic rings. The van der Waals surface area contributed by atoms with Gasteiger partial charge in [0.15, 0.2) is 0 Å². The van der Waals surface area contributed by atoms with Crippen LogP contribution in [0.5, 0.6) is 5.75 Å². The number of hydrogen-bond donors (Lipinski definition) is 0. The SMILES string of the molecule is Cc1[c-]c(F)cc(-c2ccc(C3CCC(COc4c(C)cccc4I)CC3)cc2)c1.[CH2-]c1ccc(I)c(F)c1.[U+2]. The summed E-state index contributed by atoms with van der Waals surface area (Å²) in [5, 5.41) is 0. The van der Waals surface area contributed by atoms with Crippen molar-refractivity contribution in [3.8, 4) is 16.9 Å². The van der Waals surface area contributed by atoms with Crippen molar-refractivity contribution in [3.05, 3.63) is 127 Å². The Balaban J connectivity index is 0.000000377. The fourth-order valence-corrected chi connectivity index (χ4v) is 6.11. The molecule has 4 aromatic carbocycles. The Labute approximate surface area is 288 Å². The maximum Gasteiger partial charge on any atom is 2.00 e. The van der Waals surface area contributed by atoms with E-state index in [2.05, 4.69) is 85.0 Å². The molecule has 0 unspecified atom stereocenters. The Morgan fingerprint density at radius 2 is 1.55 bits per heavy atom. The van der Waals surface area contributed by atoms with Crippen LogP contribution in [-0.2, 0) is 0 Å².